The van der Waals surface area contributed by atoms with Gasteiger partial charge in [0.25, 0.3) is 0 Å². The van der Waals surface area contributed by atoms with Crippen LogP contribution in [0.1, 0.15) is 44.7 Å². The Labute approximate surface area is 155 Å². The molecule has 0 bridgehead atoms. The zero-order valence-electron chi connectivity index (χ0n) is 15.8. The topological polar surface area (TPSA) is 35.6 Å². The minimum Gasteiger partial charge on any atom is -0.378 e. The quantitative estimate of drug-likeness (QED) is 0.858. The molecule has 0 aromatic heterocycles. The van der Waals surface area contributed by atoms with E-state index in [2.05, 4.69) is 65.7 Å². The lowest BCUT2D eigenvalue weighted by Gasteiger charge is -2.41. The number of rotatable bonds is 5. The molecule has 2 unspecified atom stereocenters. The Balaban J connectivity index is 1.66. The average molecular weight is 349 g/mol. The number of benzene rings is 2. The summed E-state index contributed by atoms with van der Waals surface area (Å²) in [5.74, 6) is 0.181. The number of anilines is 3. The number of likely N-dealkylation sites (N-methyl/N-ethyl adjacent to an activating group) is 1. The van der Waals surface area contributed by atoms with Crippen LogP contribution in [0.25, 0.3) is 0 Å². The van der Waals surface area contributed by atoms with Crippen LogP contribution in [-0.4, -0.2) is 25.0 Å². The molecule has 0 saturated heterocycles. The smallest absolute Gasteiger partial charge is 0.249 e. The van der Waals surface area contributed by atoms with E-state index in [4.69, 9.17) is 0 Å². The molecule has 2 aromatic carbocycles. The summed E-state index contributed by atoms with van der Waals surface area (Å²) in [7, 11) is 1.88. The van der Waals surface area contributed by atoms with Crippen LogP contribution < -0.4 is 15.1 Å². The minimum atomic E-state index is -0.0913. The predicted molar refractivity (Wildman–Crippen MR) is 108 cm³/mol. The van der Waals surface area contributed by atoms with E-state index in [9.17, 15) is 4.79 Å². The van der Waals surface area contributed by atoms with Crippen LogP contribution in [0.2, 0.25) is 0 Å². The van der Waals surface area contributed by atoms with Gasteiger partial charge in [-0.05, 0) is 49.9 Å². The van der Waals surface area contributed by atoms with Gasteiger partial charge in [0.2, 0.25) is 5.91 Å². The van der Waals surface area contributed by atoms with Crippen LogP contribution in [0.15, 0.2) is 48.5 Å². The van der Waals surface area contributed by atoms with E-state index in [1.165, 1.54) is 24.1 Å². The first-order valence-corrected chi connectivity index (χ1v) is 9.61. The first-order chi connectivity index (χ1) is 12.6. The molecule has 1 N–H and O–H groups in total. The van der Waals surface area contributed by atoms with Crippen molar-refractivity contribution >= 4 is 23.0 Å². The van der Waals surface area contributed by atoms with E-state index in [0.717, 1.165) is 17.8 Å². The number of carbonyl (C=O) groups is 1. The molecule has 4 nitrogen and oxygen atoms in total. The van der Waals surface area contributed by atoms with Crippen LogP contribution in [0.5, 0.6) is 0 Å². The lowest BCUT2D eigenvalue weighted by Crippen LogP contribution is -2.51. The van der Waals surface area contributed by atoms with Crippen LogP contribution >= 0.6 is 0 Å². The van der Waals surface area contributed by atoms with Crippen molar-refractivity contribution in [1.29, 1.82) is 0 Å². The number of nitrogens with one attached hydrogen (secondary N) is 1. The normalized spacial score (nSPS) is 20.7. The largest absolute Gasteiger partial charge is 0.378 e. The van der Waals surface area contributed by atoms with Gasteiger partial charge in [0.1, 0.15) is 6.04 Å². The van der Waals surface area contributed by atoms with Gasteiger partial charge in [-0.15, -0.1) is 0 Å². The van der Waals surface area contributed by atoms with Gasteiger partial charge >= 0.3 is 0 Å². The maximum absolute atomic E-state index is 12.6. The summed E-state index contributed by atoms with van der Waals surface area (Å²) < 4.78 is 0. The molecular weight excluding hydrogens is 322 g/mol. The monoisotopic (exact) mass is 349 g/mol. The highest BCUT2D eigenvalue weighted by Crippen LogP contribution is 2.43. The molecule has 1 amide bonds. The molecule has 4 rings (SSSR count). The van der Waals surface area contributed by atoms with E-state index in [-0.39, 0.29) is 18.0 Å². The molecule has 1 aliphatic heterocycles. The SMILES string of the molecule is CCC(Nc1ccc2c(c1)N(C1CC1)C(C)C(=O)N2C)c1ccccc1. The number of amides is 1. The lowest BCUT2D eigenvalue weighted by atomic mass is 10.0. The highest BCUT2D eigenvalue weighted by atomic mass is 16.2. The van der Waals surface area contributed by atoms with Crippen molar-refractivity contribution in [2.24, 2.45) is 0 Å². The van der Waals surface area contributed by atoms with Gasteiger partial charge < -0.3 is 15.1 Å². The van der Waals surface area contributed by atoms with E-state index >= 15 is 0 Å². The Bertz CT molecular complexity index is 800. The lowest BCUT2D eigenvalue weighted by molar-refractivity contribution is -0.119. The Hall–Kier alpha value is -2.49. The average Bonchev–Trinajstić information content (AvgIpc) is 3.50. The van der Waals surface area contributed by atoms with Crippen molar-refractivity contribution in [2.75, 3.05) is 22.2 Å². The van der Waals surface area contributed by atoms with Gasteiger partial charge in [-0.2, -0.15) is 0 Å². The Kier molecular flexibility index (Phi) is 4.35. The van der Waals surface area contributed by atoms with Crippen LogP contribution in [0.3, 0.4) is 0 Å². The number of hydrogen-bond acceptors (Lipinski definition) is 3. The summed E-state index contributed by atoms with van der Waals surface area (Å²) >= 11 is 0. The summed E-state index contributed by atoms with van der Waals surface area (Å²) in [6, 6.07) is 17.7. The van der Waals surface area contributed by atoms with Gasteiger partial charge in [0.15, 0.2) is 0 Å². The van der Waals surface area contributed by atoms with Crippen LogP contribution in [0.4, 0.5) is 17.1 Å². The van der Waals surface area contributed by atoms with Gasteiger partial charge in [0.05, 0.1) is 17.4 Å². The Morgan fingerprint density at radius 2 is 1.85 bits per heavy atom. The third kappa shape index (κ3) is 2.94. The molecule has 1 fully saturated rings. The highest BCUT2D eigenvalue weighted by Gasteiger charge is 2.41. The molecule has 1 aliphatic carbocycles. The van der Waals surface area contributed by atoms with Crippen LogP contribution in [-0.2, 0) is 4.79 Å². The van der Waals surface area contributed by atoms with Gasteiger partial charge in [-0.3, -0.25) is 4.79 Å². The molecule has 2 atom stereocenters. The van der Waals surface area contributed by atoms with Crippen LogP contribution in [0, 0.1) is 0 Å². The third-order valence-corrected chi connectivity index (χ3v) is 5.61. The van der Waals surface area contributed by atoms with Crippen molar-refractivity contribution in [3.8, 4) is 0 Å². The molecule has 0 radical (unpaired) electrons. The molecular formula is C22H27N3O. The Morgan fingerprint density at radius 3 is 2.50 bits per heavy atom. The molecule has 1 heterocycles. The molecule has 2 aromatic rings. The Morgan fingerprint density at radius 1 is 1.12 bits per heavy atom. The molecule has 1 saturated carbocycles. The van der Waals surface area contributed by atoms with Gasteiger partial charge in [0, 0.05) is 18.8 Å². The van der Waals surface area contributed by atoms with Gasteiger partial charge in [-0.1, -0.05) is 37.3 Å². The molecule has 0 spiro atoms. The predicted octanol–water partition coefficient (Wildman–Crippen LogP) is 4.58. The zero-order valence-corrected chi connectivity index (χ0v) is 15.8. The molecule has 2 aliphatic rings. The fraction of sp³-hybridized carbons (Fsp3) is 0.409. The van der Waals surface area contributed by atoms with E-state index in [0.29, 0.717) is 6.04 Å². The standard InChI is InChI=1S/C22H27N3O/c1-4-19(16-8-6-5-7-9-16)23-17-10-13-20-21(14-17)25(18-11-12-18)15(2)22(26)24(20)3/h5-10,13-15,18-19,23H,4,11-12H2,1-3H3. The molecule has 4 heteroatoms. The van der Waals surface area contributed by atoms with Crippen molar-refractivity contribution in [3.05, 3.63) is 54.1 Å². The molecule has 26 heavy (non-hydrogen) atoms. The zero-order chi connectivity index (χ0) is 18.3. The van der Waals surface area contributed by atoms with Crippen molar-refractivity contribution in [3.63, 3.8) is 0 Å². The summed E-state index contributed by atoms with van der Waals surface area (Å²) in [5.41, 5.74) is 4.60. The maximum Gasteiger partial charge on any atom is 0.249 e. The van der Waals surface area contributed by atoms with Crippen molar-refractivity contribution in [2.45, 2.75) is 51.2 Å². The van der Waals surface area contributed by atoms with Crippen molar-refractivity contribution < 1.29 is 4.79 Å². The summed E-state index contributed by atoms with van der Waals surface area (Å²) in [5, 5.41) is 3.69. The second-order valence-electron chi connectivity index (χ2n) is 7.43. The fourth-order valence-corrected chi connectivity index (χ4v) is 4.00. The molecule has 136 valence electrons. The van der Waals surface area contributed by atoms with E-state index in [1.807, 2.05) is 14.0 Å². The first-order valence-electron chi connectivity index (χ1n) is 9.61. The minimum absolute atomic E-state index is 0.0913. The summed E-state index contributed by atoms with van der Waals surface area (Å²) in [6.07, 6.45) is 3.38. The second kappa shape index (κ2) is 6.67. The third-order valence-electron chi connectivity index (χ3n) is 5.61. The summed E-state index contributed by atoms with van der Waals surface area (Å²) in [6.45, 7) is 4.23. The van der Waals surface area contributed by atoms with E-state index in [1.54, 1.807) is 4.90 Å². The number of nitrogens with zero attached hydrogens (tertiary/aromatic N) is 2. The second-order valence-corrected chi connectivity index (χ2v) is 7.43. The van der Waals surface area contributed by atoms with Crippen molar-refractivity contribution in [1.82, 2.24) is 0 Å². The van der Waals surface area contributed by atoms with Gasteiger partial charge in [-0.25, -0.2) is 0 Å². The maximum atomic E-state index is 12.6. The van der Waals surface area contributed by atoms with E-state index < -0.39 is 0 Å². The fourth-order valence-electron chi connectivity index (χ4n) is 4.00. The summed E-state index contributed by atoms with van der Waals surface area (Å²) in [4.78, 5) is 16.7. The first kappa shape index (κ1) is 17.0. The highest BCUT2D eigenvalue weighted by molar-refractivity contribution is 6.05. The number of carbonyl (C=O) groups excluding carboxylic acids is 1. The number of fused-ring (bicyclic) bond motifs is 1. The number of hydrogen-bond donors (Lipinski definition) is 1.